The van der Waals surface area contributed by atoms with Crippen LogP contribution in [0.5, 0.6) is 0 Å². The van der Waals surface area contributed by atoms with Gasteiger partial charge in [0, 0.05) is 0 Å². The van der Waals surface area contributed by atoms with Gasteiger partial charge in [0.25, 0.3) is 0 Å². The number of thiazole rings is 1. The van der Waals surface area contributed by atoms with Crippen molar-refractivity contribution in [1.82, 2.24) is 4.98 Å². The Labute approximate surface area is 86.2 Å². The van der Waals surface area contributed by atoms with Gasteiger partial charge < -0.3 is 0 Å². The molecule has 0 N–H and O–H groups in total. The van der Waals surface area contributed by atoms with Gasteiger partial charge in [-0.25, -0.2) is 4.98 Å². The molecule has 2 aromatic rings. The minimum absolute atomic E-state index is 1.16. The SMILES string of the molecule is CSc1nc2c(C)cc(C)cc2s1. The van der Waals surface area contributed by atoms with Crippen LogP contribution in [0.15, 0.2) is 16.5 Å². The van der Waals surface area contributed by atoms with E-state index in [1.807, 2.05) is 0 Å². The molecule has 0 unspecified atom stereocenters. The molecule has 0 saturated carbocycles. The molecular weight excluding hydrogens is 198 g/mol. The number of fused-ring (bicyclic) bond motifs is 1. The van der Waals surface area contributed by atoms with Crippen LogP contribution in [0.25, 0.3) is 10.2 Å². The van der Waals surface area contributed by atoms with Gasteiger partial charge in [-0.3, -0.25) is 0 Å². The number of nitrogens with zero attached hydrogens (tertiary/aromatic N) is 1. The van der Waals surface area contributed by atoms with Crippen LogP contribution in [0.1, 0.15) is 11.1 Å². The zero-order valence-electron chi connectivity index (χ0n) is 7.92. The fourth-order valence-electron chi connectivity index (χ4n) is 1.44. The van der Waals surface area contributed by atoms with E-state index in [0.29, 0.717) is 0 Å². The van der Waals surface area contributed by atoms with Gasteiger partial charge in [0.05, 0.1) is 10.2 Å². The van der Waals surface area contributed by atoms with Crippen LogP contribution >= 0.6 is 23.1 Å². The van der Waals surface area contributed by atoms with Crippen molar-refractivity contribution in [2.75, 3.05) is 6.26 Å². The molecule has 0 aliphatic rings. The molecule has 0 fully saturated rings. The average molecular weight is 209 g/mol. The zero-order chi connectivity index (χ0) is 9.42. The zero-order valence-corrected chi connectivity index (χ0v) is 9.55. The van der Waals surface area contributed by atoms with Crippen LogP contribution in [0.4, 0.5) is 0 Å². The van der Waals surface area contributed by atoms with Gasteiger partial charge in [0.1, 0.15) is 0 Å². The molecule has 1 aromatic heterocycles. The van der Waals surface area contributed by atoms with Gasteiger partial charge in [0.2, 0.25) is 0 Å². The molecule has 68 valence electrons. The van der Waals surface area contributed by atoms with E-state index in [0.717, 1.165) is 4.34 Å². The van der Waals surface area contributed by atoms with Gasteiger partial charge in [-0.05, 0) is 37.3 Å². The van der Waals surface area contributed by atoms with Crippen molar-refractivity contribution < 1.29 is 0 Å². The van der Waals surface area contributed by atoms with Crippen molar-refractivity contribution in [2.24, 2.45) is 0 Å². The predicted molar refractivity (Wildman–Crippen MR) is 60.9 cm³/mol. The van der Waals surface area contributed by atoms with E-state index in [2.05, 4.69) is 37.2 Å². The molecule has 2 rings (SSSR count). The normalized spacial score (nSPS) is 11.0. The summed E-state index contributed by atoms with van der Waals surface area (Å²) in [6, 6.07) is 4.39. The molecule has 0 spiro atoms. The van der Waals surface area contributed by atoms with Gasteiger partial charge in [-0.15, -0.1) is 11.3 Å². The lowest BCUT2D eigenvalue weighted by molar-refractivity contribution is 1.28. The summed E-state index contributed by atoms with van der Waals surface area (Å²) in [5, 5.41) is 0. The van der Waals surface area contributed by atoms with Gasteiger partial charge >= 0.3 is 0 Å². The van der Waals surface area contributed by atoms with E-state index in [-0.39, 0.29) is 0 Å². The third-order valence-electron chi connectivity index (χ3n) is 1.98. The third kappa shape index (κ3) is 1.58. The minimum Gasteiger partial charge on any atom is -0.229 e. The lowest BCUT2D eigenvalue weighted by Crippen LogP contribution is -1.78. The van der Waals surface area contributed by atoms with E-state index in [4.69, 9.17) is 0 Å². The molecule has 1 heterocycles. The van der Waals surface area contributed by atoms with Crippen molar-refractivity contribution in [1.29, 1.82) is 0 Å². The van der Waals surface area contributed by atoms with Crippen LogP contribution in [-0.2, 0) is 0 Å². The van der Waals surface area contributed by atoms with E-state index in [9.17, 15) is 0 Å². The highest BCUT2D eigenvalue weighted by Gasteiger charge is 2.05. The highest BCUT2D eigenvalue weighted by Crippen LogP contribution is 2.30. The summed E-state index contributed by atoms with van der Waals surface area (Å²) >= 11 is 3.49. The Balaban J connectivity index is 2.75. The number of benzene rings is 1. The van der Waals surface area contributed by atoms with E-state index >= 15 is 0 Å². The number of aryl methyl sites for hydroxylation is 2. The number of rotatable bonds is 1. The van der Waals surface area contributed by atoms with Crippen molar-refractivity contribution in [3.63, 3.8) is 0 Å². The van der Waals surface area contributed by atoms with E-state index < -0.39 is 0 Å². The fourth-order valence-corrected chi connectivity index (χ4v) is 3.10. The monoisotopic (exact) mass is 209 g/mol. The summed E-state index contributed by atoms with van der Waals surface area (Å²) in [4.78, 5) is 4.55. The second kappa shape index (κ2) is 3.31. The third-order valence-corrected chi connectivity index (χ3v) is 3.97. The molecule has 1 nitrogen and oxygen atoms in total. The summed E-state index contributed by atoms with van der Waals surface area (Å²) in [5.41, 5.74) is 3.77. The van der Waals surface area contributed by atoms with Crippen LogP contribution < -0.4 is 0 Å². The topological polar surface area (TPSA) is 12.9 Å². The minimum atomic E-state index is 1.16. The van der Waals surface area contributed by atoms with Crippen LogP contribution in [0.2, 0.25) is 0 Å². The first-order chi connectivity index (χ1) is 6.20. The summed E-state index contributed by atoms with van der Waals surface area (Å²) in [7, 11) is 0. The van der Waals surface area contributed by atoms with Crippen molar-refractivity contribution in [3.05, 3.63) is 23.3 Å². The molecule has 0 aliphatic carbocycles. The molecule has 3 heteroatoms. The molecule has 0 saturated heterocycles. The van der Waals surface area contributed by atoms with Crippen molar-refractivity contribution in [2.45, 2.75) is 18.2 Å². The van der Waals surface area contributed by atoms with Gasteiger partial charge in [0.15, 0.2) is 4.34 Å². The molecule has 0 atom stereocenters. The molecule has 0 radical (unpaired) electrons. The Morgan fingerprint density at radius 3 is 2.77 bits per heavy atom. The lowest BCUT2D eigenvalue weighted by Gasteiger charge is -1.95. The average Bonchev–Trinajstić information content (AvgIpc) is 2.47. The highest BCUT2D eigenvalue weighted by atomic mass is 32.2. The van der Waals surface area contributed by atoms with Crippen LogP contribution in [0, 0.1) is 13.8 Å². The Morgan fingerprint density at radius 1 is 1.31 bits per heavy atom. The largest absolute Gasteiger partial charge is 0.229 e. The summed E-state index contributed by atoms with van der Waals surface area (Å²) < 4.78 is 2.46. The first kappa shape index (κ1) is 9.03. The Bertz CT molecular complexity index is 445. The summed E-state index contributed by atoms with van der Waals surface area (Å²) in [5.74, 6) is 0. The molecule has 13 heavy (non-hydrogen) atoms. The van der Waals surface area contributed by atoms with Crippen molar-refractivity contribution >= 4 is 33.3 Å². The smallest absolute Gasteiger partial charge is 0.150 e. The van der Waals surface area contributed by atoms with Gasteiger partial charge in [-0.2, -0.15) is 0 Å². The summed E-state index contributed by atoms with van der Waals surface area (Å²) in [6.45, 7) is 4.25. The van der Waals surface area contributed by atoms with E-state index in [1.165, 1.54) is 21.3 Å². The molecule has 0 bridgehead atoms. The maximum Gasteiger partial charge on any atom is 0.150 e. The highest BCUT2D eigenvalue weighted by molar-refractivity contribution is 8.00. The second-order valence-electron chi connectivity index (χ2n) is 3.11. The van der Waals surface area contributed by atoms with Gasteiger partial charge in [-0.1, -0.05) is 17.8 Å². The number of thioether (sulfide) groups is 1. The molecular formula is C10H11NS2. The Kier molecular flexibility index (Phi) is 2.30. The maximum atomic E-state index is 4.55. The van der Waals surface area contributed by atoms with Crippen molar-refractivity contribution in [3.8, 4) is 0 Å². The second-order valence-corrected chi connectivity index (χ2v) is 5.20. The first-order valence-corrected chi connectivity index (χ1v) is 6.16. The lowest BCUT2D eigenvalue weighted by atomic mass is 10.1. The van der Waals surface area contributed by atoms with Crippen LogP contribution in [-0.4, -0.2) is 11.2 Å². The molecule has 0 amide bonds. The predicted octanol–water partition coefficient (Wildman–Crippen LogP) is 3.64. The fraction of sp³-hybridized carbons (Fsp3) is 0.300. The quantitative estimate of drug-likeness (QED) is 0.665. The summed E-state index contributed by atoms with van der Waals surface area (Å²) in [6.07, 6.45) is 2.07. The molecule has 1 aromatic carbocycles. The van der Waals surface area contributed by atoms with Crippen LogP contribution in [0.3, 0.4) is 0 Å². The van der Waals surface area contributed by atoms with E-state index in [1.54, 1.807) is 23.1 Å². The Morgan fingerprint density at radius 2 is 2.08 bits per heavy atom. The number of hydrogen-bond acceptors (Lipinski definition) is 3. The number of aromatic nitrogens is 1. The molecule has 0 aliphatic heterocycles. The first-order valence-electron chi connectivity index (χ1n) is 4.12. The maximum absolute atomic E-state index is 4.55. The number of hydrogen-bond donors (Lipinski definition) is 0. The standard InChI is InChI=1S/C10H11NS2/c1-6-4-7(2)9-8(5-6)13-10(11-9)12-3/h4-5H,1-3H3. The Hall–Kier alpha value is -0.540.